The van der Waals surface area contributed by atoms with Crippen LogP contribution in [0, 0.1) is 0 Å². The van der Waals surface area contributed by atoms with E-state index in [-0.39, 0.29) is 6.61 Å². The van der Waals surface area contributed by atoms with Crippen molar-refractivity contribution in [3.8, 4) is 0 Å². The summed E-state index contributed by atoms with van der Waals surface area (Å²) in [4.78, 5) is 10.3. The summed E-state index contributed by atoms with van der Waals surface area (Å²) in [5.74, 6) is 0. The van der Waals surface area contributed by atoms with Crippen LogP contribution >= 0.6 is 7.47 Å². The molecule has 0 aliphatic carbocycles. The van der Waals surface area contributed by atoms with Gasteiger partial charge in [0.25, 0.3) is 0 Å². The molecule has 1 unspecified atom stereocenters. The molecule has 0 N–H and O–H groups in total. The Morgan fingerprint density at radius 3 is 2.31 bits per heavy atom. The van der Waals surface area contributed by atoms with E-state index in [4.69, 9.17) is 0 Å². The molecule has 2 radical (unpaired) electrons. The van der Waals surface area contributed by atoms with Gasteiger partial charge in [0.1, 0.15) is 0 Å². The van der Waals surface area contributed by atoms with E-state index < -0.39 is 7.47 Å². The van der Waals surface area contributed by atoms with Gasteiger partial charge in [0.15, 0.2) is 7.57 Å². The quantitative estimate of drug-likeness (QED) is 0.344. The molecule has 0 aliphatic rings. The Morgan fingerprint density at radius 2 is 1.77 bits per heavy atom. The van der Waals surface area contributed by atoms with Gasteiger partial charge in [-0.1, -0.05) is 39.0 Å². The van der Waals surface area contributed by atoms with Crippen LogP contribution in [0.3, 0.4) is 0 Å². The molecule has 0 bridgehead atoms. The first-order valence-corrected chi connectivity index (χ1v) is 6.41. The van der Waals surface area contributed by atoms with Crippen molar-refractivity contribution >= 4 is 15.0 Å². The fourth-order valence-electron chi connectivity index (χ4n) is 1.07. The topological polar surface area (TPSA) is 49.4 Å². The van der Waals surface area contributed by atoms with Crippen LogP contribution in [0.1, 0.15) is 45.4 Å². The molecule has 1 atom stereocenters. The molecular weight excluding hydrogens is 186 g/mol. The molecule has 0 aromatic rings. The van der Waals surface area contributed by atoms with Crippen LogP contribution in [0.4, 0.5) is 0 Å². The highest BCUT2D eigenvalue weighted by molar-refractivity contribution is 7.77. The third-order valence-corrected chi connectivity index (χ3v) is 2.31. The summed E-state index contributed by atoms with van der Waals surface area (Å²) in [7, 11) is 0.699. The van der Waals surface area contributed by atoms with E-state index in [0.717, 1.165) is 19.3 Å². The van der Waals surface area contributed by atoms with Crippen LogP contribution in [0.5, 0.6) is 0 Å². The molecule has 13 heavy (non-hydrogen) atoms. The van der Waals surface area contributed by atoms with Gasteiger partial charge in [-0.15, -0.1) is 0 Å². The van der Waals surface area contributed by atoms with Gasteiger partial charge in [0, 0.05) is 0 Å². The molecule has 76 valence electrons. The zero-order valence-electron chi connectivity index (χ0n) is 8.20. The molecule has 0 saturated carbocycles. The van der Waals surface area contributed by atoms with Gasteiger partial charge in [-0.3, -0.25) is 0 Å². The summed E-state index contributed by atoms with van der Waals surface area (Å²) in [5, 5.41) is 0. The second-order valence-electron chi connectivity index (χ2n) is 3.14. The van der Waals surface area contributed by atoms with E-state index in [1.165, 1.54) is 19.3 Å². The molecule has 5 heteroatoms. The Kier molecular flexibility index (Phi) is 7.73. The Balaban J connectivity index is 3.04. The van der Waals surface area contributed by atoms with E-state index in [9.17, 15) is 9.46 Å². The van der Waals surface area contributed by atoms with Gasteiger partial charge in [0.05, 0.1) is 14.1 Å². The number of hydrogen-bond acceptors (Lipinski definition) is 3. The monoisotopic (exact) mass is 203 g/mol. The minimum absolute atomic E-state index is 0.226. The van der Waals surface area contributed by atoms with Crippen LogP contribution < -0.4 is 4.89 Å². The summed E-state index contributed by atoms with van der Waals surface area (Å²) in [6.07, 6.45) is 6.61. The first-order valence-electron chi connectivity index (χ1n) is 4.80. The number of hydrogen-bond donors (Lipinski definition) is 0. The van der Waals surface area contributed by atoms with Crippen molar-refractivity contribution < 1.29 is 14.0 Å². The van der Waals surface area contributed by atoms with E-state index in [2.05, 4.69) is 19.0 Å². The van der Waals surface area contributed by atoms with Gasteiger partial charge in [0.2, 0.25) is 0 Å². The summed E-state index contributed by atoms with van der Waals surface area (Å²) < 4.78 is 14.8. The standard InChI is InChI=1S/C8H18BO3P/c1-2-3-4-5-6-7-8-12-13(9,10)11/h2-8H2,1H3,(H,10,11)/p-1. The van der Waals surface area contributed by atoms with Crippen LogP contribution in [0.25, 0.3) is 0 Å². The van der Waals surface area contributed by atoms with E-state index in [1.807, 2.05) is 0 Å². The van der Waals surface area contributed by atoms with Crippen molar-refractivity contribution in [2.24, 2.45) is 0 Å². The minimum atomic E-state index is -3.98. The molecule has 0 aromatic carbocycles. The molecule has 0 fully saturated rings. The molecule has 0 aromatic heterocycles. The van der Waals surface area contributed by atoms with Crippen molar-refractivity contribution in [3.05, 3.63) is 0 Å². The summed E-state index contributed by atoms with van der Waals surface area (Å²) in [6.45, 7) is 2.38. The fraction of sp³-hybridized carbons (Fsp3) is 1.00. The second-order valence-corrected chi connectivity index (χ2v) is 4.48. The van der Waals surface area contributed by atoms with E-state index in [1.54, 1.807) is 0 Å². The molecule has 0 spiro atoms. The van der Waals surface area contributed by atoms with Crippen LogP contribution in [-0.4, -0.2) is 14.2 Å². The Hall–Kier alpha value is 0.215. The normalized spacial score (nSPS) is 15.5. The Morgan fingerprint density at radius 1 is 1.23 bits per heavy atom. The van der Waals surface area contributed by atoms with Gasteiger partial charge < -0.3 is 14.0 Å². The molecule has 0 saturated heterocycles. The largest absolute Gasteiger partial charge is 0.787 e. The highest BCUT2D eigenvalue weighted by Gasteiger charge is 1.97. The summed E-state index contributed by atoms with van der Waals surface area (Å²) in [5.41, 5.74) is 0. The predicted octanol–water partition coefficient (Wildman–Crippen LogP) is 2.00. The van der Waals surface area contributed by atoms with Gasteiger partial charge in [-0.05, 0) is 6.42 Å². The van der Waals surface area contributed by atoms with Crippen molar-refractivity contribution in [1.82, 2.24) is 0 Å². The lowest BCUT2D eigenvalue weighted by Gasteiger charge is -2.18. The lowest BCUT2D eigenvalue weighted by atomic mass is 10.1. The Bertz CT molecular complexity index is 157. The number of unbranched alkanes of at least 4 members (excludes halogenated alkanes) is 5. The van der Waals surface area contributed by atoms with Crippen molar-refractivity contribution in [3.63, 3.8) is 0 Å². The lowest BCUT2D eigenvalue weighted by molar-refractivity contribution is -0.190. The first kappa shape index (κ1) is 13.2. The fourth-order valence-corrected chi connectivity index (χ4v) is 1.46. The summed E-state index contributed by atoms with van der Waals surface area (Å²) >= 11 is 0. The average Bonchev–Trinajstić information content (AvgIpc) is 2.01. The maximum absolute atomic E-state index is 10.3. The van der Waals surface area contributed by atoms with Crippen molar-refractivity contribution in [2.45, 2.75) is 45.4 Å². The van der Waals surface area contributed by atoms with Crippen LogP contribution in [0.2, 0.25) is 0 Å². The third-order valence-electron chi connectivity index (χ3n) is 1.77. The van der Waals surface area contributed by atoms with Crippen molar-refractivity contribution in [2.75, 3.05) is 6.61 Å². The zero-order valence-corrected chi connectivity index (χ0v) is 9.09. The summed E-state index contributed by atoms with van der Waals surface area (Å²) in [6, 6.07) is 0. The molecule has 3 nitrogen and oxygen atoms in total. The molecule has 0 rings (SSSR count). The van der Waals surface area contributed by atoms with E-state index >= 15 is 0 Å². The predicted molar refractivity (Wildman–Crippen MR) is 52.7 cm³/mol. The second kappa shape index (κ2) is 7.60. The average molecular weight is 203 g/mol. The van der Waals surface area contributed by atoms with Crippen LogP contribution in [0.15, 0.2) is 0 Å². The Labute approximate surface area is 81.8 Å². The van der Waals surface area contributed by atoms with Gasteiger partial charge >= 0.3 is 0 Å². The van der Waals surface area contributed by atoms with Gasteiger partial charge in [-0.2, -0.15) is 0 Å². The van der Waals surface area contributed by atoms with Gasteiger partial charge in [-0.25, -0.2) is 0 Å². The lowest BCUT2D eigenvalue weighted by Crippen LogP contribution is -2.04. The highest BCUT2D eigenvalue weighted by atomic mass is 31.2. The number of rotatable bonds is 8. The van der Waals surface area contributed by atoms with E-state index in [0.29, 0.717) is 0 Å². The maximum Gasteiger partial charge on any atom is 0.181 e. The SMILES string of the molecule is [B]P(=O)([O-])OCCCCCCCC. The van der Waals surface area contributed by atoms with Crippen LogP contribution in [-0.2, 0) is 9.09 Å². The molecular formula is C8H17BO3P-. The maximum atomic E-state index is 10.3. The molecule has 0 heterocycles. The molecule has 0 amide bonds. The van der Waals surface area contributed by atoms with Crippen molar-refractivity contribution in [1.29, 1.82) is 0 Å². The first-order chi connectivity index (χ1) is 6.06. The molecule has 0 aliphatic heterocycles. The highest BCUT2D eigenvalue weighted by Crippen LogP contribution is 2.29. The minimum Gasteiger partial charge on any atom is -0.787 e. The smallest absolute Gasteiger partial charge is 0.181 e. The zero-order chi connectivity index (χ0) is 10.2. The third kappa shape index (κ3) is 12.2.